The van der Waals surface area contributed by atoms with Gasteiger partial charge < -0.3 is 13.6 Å². The van der Waals surface area contributed by atoms with Gasteiger partial charge in [0.15, 0.2) is 5.58 Å². The highest BCUT2D eigenvalue weighted by atomic mass is 16.5. The maximum atomic E-state index is 12.2. The summed E-state index contributed by atoms with van der Waals surface area (Å²) in [5, 5.41) is 0.941. The lowest BCUT2D eigenvalue weighted by Gasteiger charge is -2.05. The minimum absolute atomic E-state index is 0.157. The number of rotatable bonds is 6. The quantitative estimate of drug-likeness (QED) is 0.372. The molecule has 4 aromatic rings. The van der Waals surface area contributed by atoms with E-state index in [-0.39, 0.29) is 19.0 Å². The van der Waals surface area contributed by atoms with Gasteiger partial charge in [-0.2, -0.15) is 0 Å². The number of oxazole rings is 1. The van der Waals surface area contributed by atoms with Gasteiger partial charge in [-0.25, -0.2) is 4.79 Å². The Kier molecular flexibility index (Phi) is 4.77. The number of hydrogen-bond donors (Lipinski definition) is 0. The number of carbonyl (C=O) groups excluding carboxylic acids is 1. The van der Waals surface area contributed by atoms with E-state index in [1.165, 1.54) is 0 Å². The molecule has 6 heteroatoms. The minimum Gasteiger partial charge on any atom is -0.465 e. The predicted molar refractivity (Wildman–Crippen MR) is 105 cm³/mol. The Morgan fingerprint density at radius 3 is 2.75 bits per heavy atom. The summed E-state index contributed by atoms with van der Waals surface area (Å²) in [7, 11) is 0. The third kappa shape index (κ3) is 3.45. The van der Waals surface area contributed by atoms with Crippen molar-refractivity contribution in [3.8, 4) is 0 Å². The van der Waals surface area contributed by atoms with E-state index in [0.717, 1.165) is 33.2 Å². The number of ether oxygens (including phenoxy) is 1. The van der Waals surface area contributed by atoms with E-state index < -0.39 is 5.76 Å². The summed E-state index contributed by atoms with van der Waals surface area (Å²) in [6, 6.07) is 11.3. The molecule has 0 aliphatic carbocycles. The first-order valence-electron chi connectivity index (χ1n) is 9.24. The average molecular weight is 379 g/mol. The zero-order valence-electron chi connectivity index (χ0n) is 15.9. The Morgan fingerprint density at radius 1 is 1.11 bits per heavy atom. The molecule has 0 unspecified atom stereocenters. The van der Waals surface area contributed by atoms with Crippen LogP contribution < -0.4 is 5.76 Å². The SMILES string of the molecule is Cc1cc2occ(CC(=O)OCCCn3c(=O)oc4ccccc43)c2cc1C. The Bertz CT molecular complexity index is 1210. The van der Waals surface area contributed by atoms with Crippen molar-refractivity contribution in [3.05, 3.63) is 69.9 Å². The molecule has 6 nitrogen and oxygen atoms in total. The van der Waals surface area contributed by atoms with Crippen LogP contribution in [0.1, 0.15) is 23.1 Å². The van der Waals surface area contributed by atoms with Crippen LogP contribution in [0, 0.1) is 13.8 Å². The average Bonchev–Trinajstić information content (AvgIpc) is 3.19. The van der Waals surface area contributed by atoms with Gasteiger partial charge in [0.1, 0.15) is 5.58 Å². The minimum atomic E-state index is -0.400. The summed E-state index contributed by atoms with van der Waals surface area (Å²) < 4.78 is 17.6. The Morgan fingerprint density at radius 2 is 1.89 bits per heavy atom. The molecule has 144 valence electrons. The lowest BCUT2D eigenvalue weighted by atomic mass is 10.0. The second-order valence-corrected chi connectivity index (χ2v) is 6.93. The monoisotopic (exact) mass is 379 g/mol. The van der Waals surface area contributed by atoms with Crippen LogP contribution in [-0.2, 0) is 22.5 Å². The van der Waals surface area contributed by atoms with E-state index in [1.54, 1.807) is 16.9 Å². The van der Waals surface area contributed by atoms with E-state index >= 15 is 0 Å². The van der Waals surface area contributed by atoms with Crippen molar-refractivity contribution >= 4 is 28.0 Å². The summed E-state index contributed by atoms with van der Waals surface area (Å²) >= 11 is 0. The van der Waals surface area contributed by atoms with Crippen LogP contribution in [0.3, 0.4) is 0 Å². The van der Waals surface area contributed by atoms with E-state index in [4.69, 9.17) is 13.6 Å². The first-order chi connectivity index (χ1) is 13.5. The van der Waals surface area contributed by atoms with Gasteiger partial charge in [-0.05, 0) is 55.7 Å². The van der Waals surface area contributed by atoms with Crippen molar-refractivity contribution in [1.82, 2.24) is 4.57 Å². The Balaban J connectivity index is 1.34. The van der Waals surface area contributed by atoms with Crippen LogP contribution in [-0.4, -0.2) is 17.1 Å². The van der Waals surface area contributed by atoms with E-state index in [0.29, 0.717) is 18.5 Å². The highest BCUT2D eigenvalue weighted by molar-refractivity contribution is 5.86. The molecule has 4 rings (SSSR count). The largest absolute Gasteiger partial charge is 0.465 e. The van der Waals surface area contributed by atoms with Gasteiger partial charge in [-0.1, -0.05) is 12.1 Å². The number of aromatic nitrogens is 1. The molecular formula is C22H21NO5. The summed E-state index contributed by atoms with van der Waals surface area (Å²) in [5.74, 6) is -0.714. The van der Waals surface area contributed by atoms with Gasteiger partial charge >= 0.3 is 11.7 Å². The van der Waals surface area contributed by atoms with E-state index in [2.05, 4.69) is 0 Å². The van der Waals surface area contributed by atoms with Crippen molar-refractivity contribution in [2.75, 3.05) is 6.61 Å². The fraction of sp³-hybridized carbons (Fsp3) is 0.273. The number of aryl methyl sites for hydroxylation is 3. The Hall–Kier alpha value is -3.28. The van der Waals surface area contributed by atoms with Crippen LogP contribution in [0.4, 0.5) is 0 Å². The standard InChI is InChI=1S/C22H21NO5/c1-14-10-17-16(13-27-20(17)11-15(14)2)12-21(24)26-9-5-8-23-18-6-3-4-7-19(18)28-22(23)25/h3-4,6-7,10-11,13H,5,8-9,12H2,1-2H3. The van der Waals surface area contributed by atoms with Crippen LogP contribution in [0.25, 0.3) is 22.1 Å². The van der Waals surface area contributed by atoms with Crippen LogP contribution in [0.5, 0.6) is 0 Å². The summed E-state index contributed by atoms with van der Waals surface area (Å²) in [5.41, 5.74) is 5.20. The molecular weight excluding hydrogens is 358 g/mol. The van der Waals surface area contributed by atoms with Crippen LogP contribution >= 0.6 is 0 Å². The summed E-state index contributed by atoms with van der Waals surface area (Å²) in [4.78, 5) is 24.1. The molecule has 0 aliphatic heterocycles. The summed E-state index contributed by atoms with van der Waals surface area (Å²) in [6.45, 7) is 4.72. The molecule has 2 aromatic heterocycles. The lowest BCUT2D eigenvalue weighted by Crippen LogP contribution is -2.16. The molecule has 0 amide bonds. The molecule has 0 saturated heterocycles. The fourth-order valence-electron chi connectivity index (χ4n) is 3.31. The third-order valence-electron chi connectivity index (χ3n) is 4.97. The number of carbonyl (C=O) groups is 1. The smallest absolute Gasteiger partial charge is 0.419 e. The van der Waals surface area contributed by atoms with Crippen LogP contribution in [0.15, 0.2) is 56.3 Å². The van der Waals surface area contributed by atoms with Crippen molar-refractivity contribution in [3.63, 3.8) is 0 Å². The second-order valence-electron chi connectivity index (χ2n) is 6.93. The van der Waals surface area contributed by atoms with Crippen molar-refractivity contribution in [1.29, 1.82) is 0 Å². The topological polar surface area (TPSA) is 74.6 Å². The molecule has 2 aromatic carbocycles. The molecule has 28 heavy (non-hydrogen) atoms. The van der Waals surface area contributed by atoms with Gasteiger partial charge in [0, 0.05) is 17.5 Å². The molecule has 0 spiro atoms. The lowest BCUT2D eigenvalue weighted by molar-refractivity contribution is -0.142. The predicted octanol–water partition coefficient (Wildman–Crippen LogP) is 4.13. The molecule has 0 saturated carbocycles. The molecule has 0 fully saturated rings. The maximum absolute atomic E-state index is 12.2. The fourth-order valence-corrected chi connectivity index (χ4v) is 3.31. The van der Waals surface area contributed by atoms with Crippen LogP contribution in [0.2, 0.25) is 0 Å². The molecule has 0 atom stereocenters. The maximum Gasteiger partial charge on any atom is 0.419 e. The first kappa shape index (κ1) is 18.1. The highest BCUT2D eigenvalue weighted by Crippen LogP contribution is 2.25. The Labute approximate surface area is 161 Å². The number of esters is 1. The van der Waals surface area contributed by atoms with Gasteiger partial charge in [0.05, 0.1) is 24.8 Å². The van der Waals surface area contributed by atoms with Crippen molar-refractivity contribution < 1.29 is 18.4 Å². The number of fused-ring (bicyclic) bond motifs is 2. The number of nitrogens with zero attached hydrogens (tertiary/aromatic N) is 1. The second kappa shape index (κ2) is 7.38. The molecule has 0 aliphatic rings. The van der Waals surface area contributed by atoms with Crippen molar-refractivity contribution in [2.45, 2.75) is 33.2 Å². The van der Waals surface area contributed by atoms with Gasteiger partial charge in [0.25, 0.3) is 0 Å². The highest BCUT2D eigenvalue weighted by Gasteiger charge is 2.13. The van der Waals surface area contributed by atoms with E-state index in [9.17, 15) is 9.59 Å². The molecule has 0 N–H and O–H groups in total. The first-order valence-corrected chi connectivity index (χ1v) is 9.24. The number of para-hydroxylation sites is 2. The number of benzene rings is 2. The number of furan rings is 1. The van der Waals surface area contributed by atoms with Gasteiger partial charge in [-0.3, -0.25) is 9.36 Å². The van der Waals surface area contributed by atoms with Gasteiger partial charge in [-0.15, -0.1) is 0 Å². The zero-order valence-corrected chi connectivity index (χ0v) is 15.9. The normalized spacial score (nSPS) is 11.4. The summed E-state index contributed by atoms with van der Waals surface area (Å²) in [6.07, 6.45) is 2.30. The third-order valence-corrected chi connectivity index (χ3v) is 4.97. The zero-order chi connectivity index (χ0) is 19.7. The molecule has 0 bridgehead atoms. The van der Waals surface area contributed by atoms with Crippen molar-refractivity contribution in [2.24, 2.45) is 0 Å². The van der Waals surface area contributed by atoms with Gasteiger partial charge in [0.2, 0.25) is 0 Å². The van der Waals surface area contributed by atoms with E-state index in [1.807, 2.05) is 44.2 Å². The number of hydrogen-bond acceptors (Lipinski definition) is 5. The molecule has 2 heterocycles. The molecule has 0 radical (unpaired) electrons.